The van der Waals surface area contributed by atoms with Gasteiger partial charge in [-0.3, -0.25) is 13.1 Å². The normalized spacial score (nSPS) is 16.9. The summed E-state index contributed by atoms with van der Waals surface area (Å²) in [6.07, 6.45) is -5.09. The molecule has 0 aliphatic carbocycles. The van der Waals surface area contributed by atoms with Crippen LogP contribution in [0.15, 0.2) is 12.1 Å². The lowest BCUT2D eigenvalue weighted by atomic mass is 10.0. The number of aromatic nitrogens is 2. The quantitative estimate of drug-likeness (QED) is 0.224. The zero-order valence-corrected chi connectivity index (χ0v) is 21.5. The number of amides is 2. The largest absolute Gasteiger partial charge is 0.449 e. The van der Waals surface area contributed by atoms with Gasteiger partial charge in [0, 0.05) is 66.8 Å². The molecule has 1 unspecified atom stereocenters. The molecule has 0 bridgehead atoms. The molecule has 2 aromatic rings. The smallest absolute Gasteiger partial charge is 0.335 e. The zero-order chi connectivity index (χ0) is 26.2. The van der Waals surface area contributed by atoms with E-state index in [4.69, 9.17) is 0 Å². The van der Waals surface area contributed by atoms with Crippen molar-refractivity contribution in [1.29, 1.82) is 0 Å². The van der Waals surface area contributed by atoms with Gasteiger partial charge in [-0.1, -0.05) is 0 Å². The van der Waals surface area contributed by atoms with Crippen LogP contribution in [0, 0.1) is 17.5 Å². The predicted molar refractivity (Wildman–Crippen MR) is 127 cm³/mol. The minimum absolute atomic E-state index is 0.00876. The monoisotopic (exact) mass is 647 g/mol. The molecule has 1 atom stereocenters. The van der Waals surface area contributed by atoms with Gasteiger partial charge in [0.15, 0.2) is 17.3 Å². The van der Waals surface area contributed by atoms with Crippen LogP contribution in [0.5, 0.6) is 0 Å². The first-order valence-corrected chi connectivity index (χ1v) is 13.0. The Kier molecular flexibility index (Phi) is 8.09. The average molecular weight is 647 g/mol. The molecule has 2 amide bonds. The summed E-state index contributed by atoms with van der Waals surface area (Å²) in [4.78, 5) is 32.3. The van der Waals surface area contributed by atoms with Crippen molar-refractivity contribution in [3.05, 3.63) is 52.4 Å². The molecule has 1 saturated heterocycles. The van der Waals surface area contributed by atoms with Gasteiger partial charge in [0.1, 0.15) is 5.82 Å². The van der Waals surface area contributed by atoms with E-state index in [1.165, 1.54) is 21.6 Å². The highest BCUT2D eigenvalue weighted by Crippen LogP contribution is 2.33. The second-order valence-corrected chi connectivity index (χ2v) is 10.1. The van der Waals surface area contributed by atoms with Gasteiger partial charge in [0.25, 0.3) is 5.91 Å². The number of rotatable bonds is 6. The van der Waals surface area contributed by atoms with E-state index < -0.39 is 47.3 Å². The number of nitrogens with one attached hydrogen (secondary N) is 1. The van der Waals surface area contributed by atoms with E-state index in [9.17, 15) is 35.9 Å². The van der Waals surface area contributed by atoms with Crippen LogP contribution >= 0.6 is 34.6 Å². The van der Waals surface area contributed by atoms with Gasteiger partial charge in [-0.15, -0.1) is 11.8 Å². The first-order chi connectivity index (χ1) is 17.0. The number of thioether (sulfide) groups is 1. The highest BCUT2D eigenvalue weighted by Gasteiger charge is 2.42. The number of carbonyl (C=O) groups excluding carboxylic acids is 2. The molecule has 0 saturated carbocycles. The summed E-state index contributed by atoms with van der Waals surface area (Å²) >= 11 is 3.23. The first kappa shape index (κ1) is 27.0. The Bertz CT molecular complexity index is 1170. The second kappa shape index (κ2) is 10.8. The van der Waals surface area contributed by atoms with E-state index >= 15 is 0 Å². The summed E-state index contributed by atoms with van der Waals surface area (Å²) in [6, 6.07) is 0.485. The summed E-state index contributed by atoms with van der Waals surface area (Å²) < 4.78 is 85.4. The van der Waals surface area contributed by atoms with E-state index in [1.54, 1.807) is 22.9 Å². The Labute approximate surface area is 220 Å². The number of halogens is 7. The van der Waals surface area contributed by atoms with Gasteiger partial charge in [-0.2, -0.15) is 13.2 Å². The molecule has 196 valence electrons. The van der Waals surface area contributed by atoms with Crippen LogP contribution in [-0.4, -0.2) is 61.9 Å². The first-order valence-electron chi connectivity index (χ1n) is 10.8. The Morgan fingerprint density at radius 1 is 1.08 bits per heavy atom. The van der Waals surface area contributed by atoms with Gasteiger partial charge in [0.05, 0.1) is 18.1 Å². The standard InChI is InChI=1S/C21H20F6IN5O2S/c22-13-8-15(24)14(23)6-11(13)5-12(30-28)7-17(34)31-1-2-33-16(9-31)18(29-20(33)21(25,26)27)19(35)32-3-4-36-10-32/h6,8,12,30H,1-5,7,9-10H2. The Hall–Kier alpha value is -2.01. The van der Waals surface area contributed by atoms with E-state index in [-0.39, 0.29) is 49.4 Å². The maximum atomic E-state index is 14.1. The number of nitrogens with zero attached hydrogens (tertiary/aromatic N) is 4. The zero-order valence-electron chi connectivity index (χ0n) is 18.5. The number of alkyl halides is 3. The van der Waals surface area contributed by atoms with Gasteiger partial charge in [-0.25, -0.2) is 18.2 Å². The molecular weight excluding hydrogens is 627 g/mol. The summed E-state index contributed by atoms with van der Waals surface area (Å²) in [7, 11) is 0. The molecule has 1 N–H and O–H groups in total. The third-order valence-electron chi connectivity index (χ3n) is 5.99. The third kappa shape index (κ3) is 5.61. The van der Waals surface area contributed by atoms with Crippen LogP contribution < -0.4 is 3.53 Å². The van der Waals surface area contributed by atoms with Crippen LogP contribution in [0.25, 0.3) is 0 Å². The Morgan fingerprint density at radius 2 is 1.81 bits per heavy atom. The number of carbonyl (C=O) groups is 2. The highest BCUT2D eigenvalue weighted by molar-refractivity contribution is 14.1. The molecule has 1 fully saturated rings. The summed E-state index contributed by atoms with van der Waals surface area (Å²) in [5.74, 6) is -4.74. The molecule has 7 nitrogen and oxygen atoms in total. The van der Waals surface area contributed by atoms with Crippen molar-refractivity contribution < 1.29 is 35.9 Å². The number of hydrogen-bond acceptors (Lipinski definition) is 5. The Balaban J connectivity index is 1.53. The van der Waals surface area contributed by atoms with Crippen molar-refractivity contribution in [3.63, 3.8) is 0 Å². The van der Waals surface area contributed by atoms with E-state index in [2.05, 4.69) is 8.51 Å². The molecule has 4 rings (SSSR count). The topological polar surface area (TPSA) is 70.5 Å². The number of imidazole rings is 1. The van der Waals surface area contributed by atoms with Crippen LogP contribution in [0.4, 0.5) is 26.3 Å². The van der Waals surface area contributed by atoms with Crippen molar-refractivity contribution in [2.24, 2.45) is 0 Å². The molecule has 2 aliphatic heterocycles. The maximum absolute atomic E-state index is 14.1. The number of fused-ring (bicyclic) bond motifs is 1. The number of benzene rings is 1. The van der Waals surface area contributed by atoms with E-state index in [1.807, 2.05) is 0 Å². The fourth-order valence-corrected chi connectivity index (χ4v) is 5.55. The molecule has 1 aromatic carbocycles. The fourth-order valence-electron chi connectivity index (χ4n) is 4.17. The molecular formula is C21H20F6IN5O2S. The molecule has 1 aromatic heterocycles. The predicted octanol–water partition coefficient (Wildman–Crippen LogP) is 3.75. The van der Waals surface area contributed by atoms with Crippen LogP contribution in [0.3, 0.4) is 0 Å². The van der Waals surface area contributed by atoms with E-state index in [0.717, 1.165) is 10.6 Å². The van der Waals surface area contributed by atoms with Crippen molar-refractivity contribution in [3.8, 4) is 0 Å². The van der Waals surface area contributed by atoms with Gasteiger partial charge in [0.2, 0.25) is 11.7 Å². The molecule has 0 spiro atoms. The van der Waals surface area contributed by atoms with Gasteiger partial charge >= 0.3 is 6.18 Å². The summed E-state index contributed by atoms with van der Waals surface area (Å²) in [6.45, 7) is -0.113. The summed E-state index contributed by atoms with van der Waals surface area (Å²) in [5.41, 5.74) is -0.442. The highest BCUT2D eigenvalue weighted by atomic mass is 127. The molecule has 3 heterocycles. The lowest BCUT2D eigenvalue weighted by molar-refractivity contribution is -0.148. The summed E-state index contributed by atoms with van der Waals surface area (Å²) in [5, 5.41) is 0. The van der Waals surface area contributed by atoms with Crippen molar-refractivity contribution in [2.75, 3.05) is 24.7 Å². The maximum Gasteiger partial charge on any atom is 0.449 e. The van der Waals surface area contributed by atoms with Crippen LogP contribution in [-0.2, 0) is 30.5 Å². The second-order valence-electron chi connectivity index (χ2n) is 8.37. The molecule has 0 radical (unpaired) electrons. The minimum Gasteiger partial charge on any atom is -0.335 e. The van der Waals surface area contributed by atoms with Crippen LogP contribution in [0.1, 0.15) is 34.0 Å². The van der Waals surface area contributed by atoms with Crippen LogP contribution in [0.2, 0.25) is 0 Å². The van der Waals surface area contributed by atoms with E-state index in [0.29, 0.717) is 24.2 Å². The third-order valence-corrected chi connectivity index (χ3v) is 7.83. The lowest BCUT2D eigenvalue weighted by Crippen LogP contribution is -2.42. The minimum atomic E-state index is -4.77. The van der Waals surface area contributed by atoms with Gasteiger partial charge < -0.3 is 14.4 Å². The number of hydrogen-bond donors (Lipinski definition) is 1. The fraction of sp³-hybridized carbons (Fsp3) is 0.476. The SMILES string of the molecule is O=C(CC(Cc1cc(F)c(F)cc1F)NI)N1CCn2c(C(F)(F)F)nc(C(=O)N3CCSC3)c2C1. The van der Waals surface area contributed by atoms with Crippen molar-refractivity contribution in [1.82, 2.24) is 22.9 Å². The lowest BCUT2D eigenvalue weighted by Gasteiger charge is -2.31. The molecule has 15 heteroatoms. The average Bonchev–Trinajstić information content (AvgIpc) is 3.49. The van der Waals surface area contributed by atoms with Crippen molar-refractivity contribution in [2.45, 2.75) is 38.1 Å². The molecule has 2 aliphatic rings. The van der Waals surface area contributed by atoms with Crippen molar-refractivity contribution >= 4 is 46.4 Å². The Morgan fingerprint density at radius 3 is 2.44 bits per heavy atom. The van der Waals surface area contributed by atoms with Gasteiger partial charge in [-0.05, 0) is 18.1 Å². The molecule has 36 heavy (non-hydrogen) atoms.